The quantitative estimate of drug-likeness (QED) is 0.802. The maximum absolute atomic E-state index is 13.8. The summed E-state index contributed by atoms with van der Waals surface area (Å²) in [7, 11) is 0. The van der Waals surface area contributed by atoms with Crippen LogP contribution in [0.5, 0.6) is 0 Å². The Morgan fingerprint density at radius 2 is 1.97 bits per heavy atom. The number of nitrogens with zero attached hydrogens (tertiary/aromatic N) is 2. The van der Waals surface area contributed by atoms with Gasteiger partial charge in [-0.15, -0.1) is 0 Å². The summed E-state index contributed by atoms with van der Waals surface area (Å²) in [4.78, 5) is 18.2. The lowest BCUT2D eigenvalue weighted by Gasteiger charge is -2.49. The highest BCUT2D eigenvalue weighted by atomic mass is 19.1. The second-order valence-corrected chi connectivity index (χ2v) is 9.25. The molecule has 3 aliphatic heterocycles. The van der Waals surface area contributed by atoms with Crippen molar-refractivity contribution in [2.45, 2.75) is 57.0 Å². The van der Waals surface area contributed by atoms with Gasteiger partial charge in [0.25, 0.3) is 5.91 Å². The van der Waals surface area contributed by atoms with Gasteiger partial charge in [-0.05, 0) is 55.1 Å². The highest BCUT2D eigenvalue weighted by Crippen LogP contribution is 2.37. The molecule has 5 nitrogen and oxygen atoms in total. The van der Waals surface area contributed by atoms with Crippen LogP contribution in [0.3, 0.4) is 0 Å². The van der Waals surface area contributed by atoms with Gasteiger partial charge in [0.15, 0.2) is 0 Å². The lowest BCUT2D eigenvalue weighted by atomic mass is 9.87. The van der Waals surface area contributed by atoms with E-state index in [0.29, 0.717) is 31.7 Å². The monoisotopic (exact) mass is 437 g/mol. The zero-order valence-electron chi connectivity index (χ0n) is 18.8. The van der Waals surface area contributed by atoms with Gasteiger partial charge in [0.2, 0.25) is 0 Å². The van der Waals surface area contributed by atoms with Crippen LogP contribution in [0.15, 0.2) is 48.5 Å². The zero-order chi connectivity index (χ0) is 22.2. The van der Waals surface area contributed by atoms with Gasteiger partial charge in [-0.25, -0.2) is 4.39 Å². The summed E-state index contributed by atoms with van der Waals surface area (Å²) in [6.45, 7) is 7.55. The van der Waals surface area contributed by atoms with Gasteiger partial charge in [-0.2, -0.15) is 0 Å². The van der Waals surface area contributed by atoms with Gasteiger partial charge in [-0.1, -0.05) is 43.3 Å². The Morgan fingerprint density at radius 3 is 2.75 bits per heavy atom. The predicted molar refractivity (Wildman–Crippen MR) is 122 cm³/mol. The summed E-state index contributed by atoms with van der Waals surface area (Å²) >= 11 is 0. The van der Waals surface area contributed by atoms with Crippen molar-refractivity contribution >= 4 is 5.91 Å². The smallest absolute Gasteiger partial charge is 0.252 e. The average molecular weight is 438 g/mol. The van der Waals surface area contributed by atoms with Crippen molar-refractivity contribution in [3.8, 4) is 0 Å². The first-order valence-electron chi connectivity index (χ1n) is 11.8. The number of nitrogens with one attached hydrogen (secondary N) is 1. The Bertz CT molecular complexity index is 966. The topological polar surface area (TPSA) is 44.8 Å². The van der Waals surface area contributed by atoms with Crippen LogP contribution in [0.2, 0.25) is 0 Å². The van der Waals surface area contributed by atoms with E-state index < -0.39 is 6.10 Å². The van der Waals surface area contributed by atoms with E-state index in [9.17, 15) is 9.18 Å². The normalized spacial score (nSPS) is 30.5. The number of fused-ring (bicyclic) bond motifs is 2. The number of rotatable bonds is 3. The van der Waals surface area contributed by atoms with E-state index in [-0.39, 0.29) is 23.8 Å². The molecule has 0 aromatic heterocycles. The second kappa shape index (κ2) is 8.93. The van der Waals surface area contributed by atoms with Crippen LogP contribution in [-0.2, 0) is 16.0 Å². The molecule has 0 aliphatic carbocycles. The highest BCUT2D eigenvalue weighted by Gasteiger charge is 2.44. The van der Waals surface area contributed by atoms with Gasteiger partial charge in [0, 0.05) is 31.2 Å². The van der Waals surface area contributed by atoms with E-state index >= 15 is 0 Å². The summed E-state index contributed by atoms with van der Waals surface area (Å²) in [6, 6.07) is 15.6. The molecule has 2 saturated heterocycles. The van der Waals surface area contributed by atoms with E-state index in [1.54, 1.807) is 12.1 Å². The fourth-order valence-corrected chi connectivity index (χ4v) is 5.81. The molecule has 32 heavy (non-hydrogen) atoms. The number of hydrogen-bond donors (Lipinski definition) is 1. The summed E-state index contributed by atoms with van der Waals surface area (Å²) < 4.78 is 19.8. The number of piperazine rings is 1. The fraction of sp³-hybridized carbons (Fsp3) is 0.500. The molecule has 6 heteroatoms. The van der Waals surface area contributed by atoms with Crippen molar-refractivity contribution in [3.63, 3.8) is 0 Å². The Balaban J connectivity index is 1.41. The van der Waals surface area contributed by atoms with Gasteiger partial charge < -0.3 is 15.0 Å². The largest absolute Gasteiger partial charge is 0.367 e. The fourth-order valence-electron chi connectivity index (χ4n) is 5.81. The molecule has 170 valence electrons. The number of hydrogen-bond acceptors (Lipinski definition) is 4. The number of benzene rings is 2. The molecule has 5 atom stereocenters. The summed E-state index contributed by atoms with van der Waals surface area (Å²) in [5.74, 6) is -0.230. The first kappa shape index (κ1) is 21.6. The van der Waals surface area contributed by atoms with Crippen molar-refractivity contribution < 1.29 is 13.9 Å². The van der Waals surface area contributed by atoms with Gasteiger partial charge in [0.05, 0.1) is 12.6 Å². The molecular formula is C26H32FN3O2. The zero-order valence-corrected chi connectivity index (χ0v) is 18.8. The molecule has 3 aliphatic rings. The van der Waals surface area contributed by atoms with E-state index in [0.717, 1.165) is 30.6 Å². The molecular weight excluding hydrogens is 405 g/mol. The van der Waals surface area contributed by atoms with E-state index in [1.165, 1.54) is 17.7 Å². The minimum atomic E-state index is -0.455. The van der Waals surface area contributed by atoms with Crippen molar-refractivity contribution in [3.05, 3.63) is 71.0 Å². The molecule has 3 heterocycles. The first-order chi connectivity index (χ1) is 15.6. The number of carbonyl (C=O) groups is 1. The first-order valence-corrected chi connectivity index (χ1v) is 11.8. The number of likely N-dealkylation sites (N-methyl/N-ethyl adjacent to an activating group) is 1. The SMILES string of the molecule is CCN1[C@H](C)CN[C@H]2C[C@H](C(=O)N3CCc4ccccc4[C@@H]3c3ccc(F)cc3)OC[C@@H]21. The van der Waals surface area contributed by atoms with Crippen molar-refractivity contribution in [2.75, 3.05) is 26.2 Å². The highest BCUT2D eigenvalue weighted by molar-refractivity contribution is 5.82. The van der Waals surface area contributed by atoms with Crippen molar-refractivity contribution in [1.82, 2.24) is 15.1 Å². The molecule has 0 spiro atoms. The standard InChI is InChI=1S/C26H32FN3O2/c1-3-29-17(2)15-28-22-14-24(32-16-23(22)29)26(31)30-13-12-18-6-4-5-7-21(18)25(30)19-8-10-20(27)11-9-19/h4-11,17,22-25,28H,3,12-16H2,1-2H3/t17-,22+,23+,24-,25+/m1/s1. The molecule has 0 radical (unpaired) electrons. The Hall–Kier alpha value is -2.28. The van der Waals surface area contributed by atoms with Crippen LogP contribution in [-0.4, -0.2) is 66.2 Å². The van der Waals surface area contributed by atoms with Crippen LogP contribution in [0.25, 0.3) is 0 Å². The Labute approximate surface area is 189 Å². The van der Waals surface area contributed by atoms with Crippen molar-refractivity contribution in [2.24, 2.45) is 0 Å². The molecule has 2 aromatic carbocycles. The average Bonchev–Trinajstić information content (AvgIpc) is 2.83. The second-order valence-electron chi connectivity index (χ2n) is 9.25. The van der Waals surface area contributed by atoms with Crippen LogP contribution in [0, 0.1) is 5.82 Å². The minimum Gasteiger partial charge on any atom is -0.367 e. The lowest BCUT2D eigenvalue weighted by Crippen LogP contribution is -2.67. The molecule has 1 amide bonds. The maximum atomic E-state index is 13.8. The van der Waals surface area contributed by atoms with E-state index in [4.69, 9.17) is 4.74 Å². The van der Waals surface area contributed by atoms with Crippen LogP contribution in [0.1, 0.15) is 43.0 Å². The van der Waals surface area contributed by atoms with Gasteiger partial charge in [0.1, 0.15) is 11.9 Å². The predicted octanol–water partition coefficient (Wildman–Crippen LogP) is 3.14. The number of halogens is 1. The van der Waals surface area contributed by atoms with Gasteiger partial charge >= 0.3 is 0 Å². The summed E-state index contributed by atoms with van der Waals surface area (Å²) in [5.41, 5.74) is 3.30. The van der Waals surface area contributed by atoms with Crippen LogP contribution >= 0.6 is 0 Å². The lowest BCUT2D eigenvalue weighted by molar-refractivity contribution is -0.155. The maximum Gasteiger partial charge on any atom is 0.252 e. The van der Waals surface area contributed by atoms with Crippen molar-refractivity contribution in [1.29, 1.82) is 0 Å². The summed E-state index contributed by atoms with van der Waals surface area (Å²) in [6.07, 6.45) is 1.04. The van der Waals surface area contributed by atoms with Crippen LogP contribution in [0.4, 0.5) is 4.39 Å². The van der Waals surface area contributed by atoms with E-state index in [2.05, 4.69) is 36.2 Å². The molecule has 0 saturated carbocycles. The minimum absolute atomic E-state index is 0.0377. The van der Waals surface area contributed by atoms with Crippen LogP contribution < -0.4 is 5.32 Å². The Kier molecular flexibility index (Phi) is 6.01. The molecule has 5 rings (SSSR count). The molecule has 2 fully saturated rings. The number of ether oxygens (including phenoxy) is 1. The third-order valence-electron chi connectivity index (χ3n) is 7.46. The molecule has 0 unspecified atom stereocenters. The number of amides is 1. The molecule has 2 aromatic rings. The molecule has 0 bridgehead atoms. The Morgan fingerprint density at radius 1 is 1.19 bits per heavy atom. The third-order valence-corrected chi connectivity index (χ3v) is 7.46. The number of carbonyl (C=O) groups excluding carboxylic acids is 1. The van der Waals surface area contributed by atoms with Gasteiger partial charge in [-0.3, -0.25) is 9.69 Å². The molecule has 1 N–H and O–H groups in total. The third kappa shape index (κ3) is 3.85. The summed E-state index contributed by atoms with van der Waals surface area (Å²) in [5, 5.41) is 3.65. The van der Waals surface area contributed by atoms with E-state index in [1.807, 2.05) is 17.0 Å².